The SMILES string of the molecule is CC/C(=C(/c1ccc(C(C)(C)C)cc1)c1ccc2[nH]ncc2c1)c1ccc(F)cc1Cl. The highest BCUT2D eigenvalue weighted by Gasteiger charge is 2.18. The molecule has 0 saturated heterocycles. The lowest BCUT2D eigenvalue weighted by Crippen LogP contribution is -2.10. The van der Waals surface area contributed by atoms with Crippen LogP contribution in [-0.4, -0.2) is 10.2 Å². The third-order valence-electron chi connectivity index (χ3n) is 5.68. The van der Waals surface area contributed by atoms with E-state index in [2.05, 4.69) is 74.3 Å². The van der Waals surface area contributed by atoms with E-state index in [9.17, 15) is 4.39 Å². The monoisotopic (exact) mass is 432 g/mol. The van der Waals surface area contributed by atoms with Gasteiger partial charge in [0.15, 0.2) is 0 Å². The van der Waals surface area contributed by atoms with Gasteiger partial charge >= 0.3 is 0 Å². The molecule has 0 saturated carbocycles. The minimum Gasteiger partial charge on any atom is -0.278 e. The Morgan fingerprint density at radius 2 is 1.68 bits per heavy atom. The Morgan fingerprint density at radius 1 is 0.968 bits per heavy atom. The van der Waals surface area contributed by atoms with Crippen molar-refractivity contribution in [2.24, 2.45) is 0 Å². The molecule has 1 heterocycles. The maximum absolute atomic E-state index is 13.7. The summed E-state index contributed by atoms with van der Waals surface area (Å²) in [5.74, 6) is -0.333. The average molecular weight is 433 g/mol. The molecule has 0 spiro atoms. The van der Waals surface area contributed by atoms with Gasteiger partial charge in [0.2, 0.25) is 0 Å². The highest BCUT2D eigenvalue weighted by atomic mass is 35.5. The highest BCUT2D eigenvalue weighted by molar-refractivity contribution is 6.32. The van der Waals surface area contributed by atoms with Gasteiger partial charge in [-0.15, -0.1) is 0 Å². The number of allylic oxidation sites excluding steroid dienone is 1. The maximum atomic E-state index is 13.7. The maximum Gasteiger partial charge on any atom is 0.124 e. The van der Waals surface area contributed by atoms with Gasteiger partial charge < -0.3 is 0 Å². The van der Waals surface area contributed by atoms with Gasteiger partial charge in [0.1, 0.15) is 5.82 Å². The number of aromatic amines is 1. The number of fused-ring (bicyclic) bond motifs is 1. The summed E-state index contributed by atoms with van der Waals surface area (Å²) in [6.07, 6.45) is 2.58. The second-order valence-corrected chi connectivity index (χ2v) is 9.24. The average Bonchev–Trinajstić information content (AvgIpc) is 3.20. The molecule has 4 aromatic rings. The first kappa shape index (κ1) is 21.3. The third kappa shape index (κ3) is 4.28. The van der Waals surface area contributed by atoms with Gasteiger partial charge in [-0.3, -0.25) is 5.10 Å². The van der Waals surface area contributed by atoms with Crippen LogP contribution in [0, 0.1) is 5.82 Å². The number of aromatic nitrogens is 2. The zero-order valence-electron chi connectivity index (χ0n) is 18.3. The fourth-order valence-electron chi connectivity index (χ4n) is 3.99. The van der Waals surface area contributed by atoms with E-state index in [1.807, 2.05) is 12.3 Å². The topological polar surface area (TPSA) is 28.7 Å². The number of nitrogens with zero attached hydrogens (tertiary/aromatic N) is 1. The second-order valence-electron chi connectivity index (χ2n) is 8.83. The predicted octanol–water partition coefficient (Wildman–Crippen LogP) is 8.02. The number of H-pyrrole nitrogens is 1. The lowest BCUT2D eigenvalue weighted by atomic mass is 9.84. The summed E-state index contributed by atoms with van der Waals surface area (Å²) in [5.41, 5.74) is 7.56. The van der Waals surface area contributed by atoms with Crippen molar-refractivity contribution < 1.29 is 4.39 Å². The standard InChI is InChI=1S/C27H26ClFN2/c1-5-22(23-12-11-21(29)15-24(23)28)26(17-6-9-20(10-7-17)27(2,3)4)18-8-13-25-19(14-18)16-30-31-25/h6-16H,5H2,1-4H3,(H,30,31)/b26-22+. The first-order valence-corrected chi connectivity index (χ1v) is 10.9. The molecule has 2 nitrogen and oxygen atoms in total. The molecule has 4 heteroatoms. The van der Waals surface area contributed by atoms with Crippen molar-refractivity contribution in [2.75, 3.05) is 0 Å². The van der Waals surface area contributed by atoms with Crippen LogP contribution in [0.5, 0.6) is 0 Å². The van der Waals surface area contributed by atoms with Gasteiger partial charge in [0, 0.05) is 5.39 Å². The van der Waals surface area contributed by atoms with Gasteiger partial charge in [-0.1, -0.05) is 75.7 Å². The van der Waals surface area contributed by atoms with E-state index in [-0.39, 0.29) is 11.2 Å². The number of benzene rings is 3. The largest absolute Gasteiger partial charge is 0.278 e. The van der Waals surface area contributed by atoms with E-state index in [0.29, 0.717) is 5.02 Å². The molecule has 4 rings (SSSR count). The molecule has 0 aliphatic rings. The van der Waals surface area contributed by atoms with E-state index in [1.54, 1.807) is 6.07 Å². The molecule has 0 fully saturated rings. The van der Waals surface area contributed by atoms with Gasteiger partial charge in [0.25, 0.3) is 0 Å². The molecule has 158 valence electrons. The fraction of sp³-hybridized carbons (Fsp3) is 0.222. The molecule has 3 aromatic carbocycles. The molecule has 0 aliphatic carbocycles. The molecular formula is C27H26ClFN2. The fourth-order valence-corrected chi connectivity index (χ4v) is 4.27. The van der Waals surface area contributed by atoms with Crippen LogP contribution >= 0.6 is 11.6 Å². The molecule has 1 N–H and O–H groups in total. The summed E-state index contributed by atoms with van der Waals surface area (Å²) in [5, 5.41) is 8.63. The number of rotatable bonds is 4. The van der Waals surface area contributed by atoms with Crippen molar-refractivity contribution in [3.05, 3.63) is 100.0 Å². The lowest BCUT2D eigenvalue weighted by molar-refractivity contribution is 0.590. The number of hydrogen-bond acceptors (Lipinski definition) is 1. The van der Waals surface area contributed by atoms with Crippen LogP contribution in [0.4, 0.5) is 4.39 Å². The van der Waals surface area contributed by atoms with Gasteiger partial charge in [-0.05, 0) is 69.5 Å². The number of nitrogens with one attached hydrogen (secondary N) is 1. The predicted molar refractivity (Wildman–Crippen MR) is 129 cm³/mol. The van der Waals surface area contributed by atoms with E-state index in [0.717, 1.165) is 45.2 Å². The molecule has 0 amide bonds. The Morgan fingerprint density at radius 3 is 2.32 bits per heavy atom. The van der Waals surface area contributed by atoms with Crippen molar-refractivity contribution in [3.8, 4) is 0 Å². The van der Waals surface area contributed by atoms with Crippen LogP contribution in [0.3, 0.4) is 0 Å². The molecule has 0 radical (unpaired) electrons. The van der Waals surface area contributed by atoms with E-state index in [4.69, 9.17) is 11.6 Å². The molecule has 31 heavy (non-hydrogen) atoms. The Hall–Kier alpha value is -2.91. The van der Waals surface area contributed by atoms with Crippen LogP contribution < -0.4 is 0 Å². The first-order chi connectivity index (χ1) is 14.8. The number of halogens is 2. The van der Waals surface area contributed by atoms with Crippen LogP contribution in [0.15, 0.2) is 66.9 Å². The number of hydrogen-bond donors (Lipinski definition) is 1. The summed E-state index contributed by atoms with van der Waals surface area (Å²) >= 11 is 6.50. The van der Waals surface area contributed by atoms with Crippen LogP contribution in [0.1, 0.15) is 56.4 Å². The van der Waals surface area contributed by atoms with E-state index in [1.165, 1.54) is 17.7 Å². The Bertz CT molecular complexity index is 1260. The Balaban J connectivity index is 1.98. The lowest BCUT2D eigenvalue weighted by Gasteiger charge is -2.21. The molecule has 0 unspecified atom stereocenters. The normalized spacial score (nSPS) is 12.8. The van der Waals surface area contributed by atoms with Crippen molar-refractivity contribution in [3.63, 3.8) is 0 Å². The van der Waals surface area contributed by atoms with Gasteiger partial charge in [-0.2, -0.15) is 5.10 Å². The van der Waals surface area contributed by atoms with Gasteiger partial charge in [-0.25, -0.2) is 4.39 Å². The zero-order valence-corrected chi connectivity index (χ0v) is 19.0. The summed E-state index contributed by atoms with van der Waals surface area (Å²) in [4.78, 5) is 0. The minimum atomic E-state index is -0.333. The van der Waals surface area contributed by atoms with Crippen molar-refractivity contribution in [2.45, 2.75) is 39.5 Å². The van der Waals surface area contributed by atoms with Crippen molar-refractivity contribution >= 4 is 33.7 Å². The van der Waals surface area contributed by atoms with Crippen LogP contribution in [-0.2, 0) is 5.41 Å². The molecular weight excluding hydrogens is 407 g/mol. The zero-order chi connectivity index (χ0) is 22.2. The Labute approximate surface area is 187 Å². The molecule has 0 atom stereocenters. The van der Waals surface area contributed by atoms with E-state index >= 15 is 0 Å². The smallest absolute Gasteiger partial charge is 0.124 e. The summed E-state index contributed by atoms with van der Waals surface area (Å²) in [6, 6.07) is 19.6. The van der Waals surface area contributed by atoms with E-state index < -0.39 is 0 Å². The molecule has 1 aromatic heterocycles. The molecule has 0 aliphatic heterocycles. The third-order valence-corrected chi connectivity index (χ3v) is 5.99. The summed E-state index contributed by atoms with van der Waals surface area (Å²) < 4.78 is 13.7. The van der Waals surface area contributed by atoms with Crippen molar-refractivity contribution in [1.29, 1.82) is 0 Å². The second kappa shape index (κ2) is 8.32. The minimum absolute atomic E-state index is 0.0754. The van der Waals surface area contributed by atoms with Gasteiger partial charge in [0.05, 0.1) is 16.7 Å². The summed E-state index contributed by atoms with van der Waals surface area (Å²) in [7, 11) is 0. The Kier molecular flexibility index (Phi) is 5.72. The first-order valence-electron chi connectivity index (χ1n) is 10.5. The quantitative estimate of drug-likeness (QED) is 0.325. The molecule has 0 bridgehead atoms. The van der Waals surface area contributed by atoms with Crippen molar-refractivity contribution in [1.82, 2.24) is 10.2 Å². The van der Waals surface area contributed by atoms with Crippen LogP contribution in [0.25, 0.3) is 22.0 Å². The summed E-state index contributed by atoms with van der Waals surface area (Å²) in [6.45, 7) is 8.74. The van der Waals surface area contributed by atoms with Crippen LogP contribution in [0.2, 0.25) is 5.02 Å². The highest BCUT2D eigenvalue weighted by Crippen LogP contribution is 2.38.